The van der Waals surface area contributed by atoms with Crippen LogP contribution in [-0.4, -0.2) is 41.9 Å². The van der Waals surface area contributed by atoms with Crippen molar-refractivity contribution in [2.24, 2.45) is 0 Å². The summed E-state index contributed by atoms with van der Waals surface area (Å²) in [6, 6.07) is 0. The second kappa shape index (κ2) is 7.36. The van der Waals surface area contributed by atoms with Gasteiger partial charge in [-0.05, 0) is 31.4 Å². The van der Waals surface area contributed by atoms with Gasteiger partial charge in [0.25, 0.3) is 0 Å². The molecule has 0 unspecified atom stereocenters. The standard InChI is InChI=1S/C14H20N4S.2ClH/c1-2-11-12(19-9-1)14(18-7-5-15-6-8-18)17-13(16-11)10-3-4-10;;/h10,15H,1-9H2;2*1H. The molecule has 0 radical (unpaired) electrons. The minimum Gasteiger partial charge on any atom is -0.353 e. The Labute approximate surface area is 142 Å². The van der Waals surface area contributed by atoms with Crippen LogP contribution in [0.2, 0.25) is 0 Å². The Kier molecular flexibility index (Phi) is 6.00. The Morgan fingerprint density at radius 3 is 2.57 bits per heavy atom. The fourth-order valence-corrected chi connectivity index (χ4v) is 3.96. The Bertz CT molecular complexity index is 490. The molecule has 2 aliphatic heterocycles. The summed E-state index contributed by atoms with van der Waals surface area (Å²) < 4.78 is 0. The van der Waals surface area contributed by atoms with E-state index >= 15 is 0 Å². The van der Waals surface area contributed by atoms with Gasteiger partial charge in [0.2, 0.25) is 0 Å². The largest absolute Gasteiger partial charge is 0.353 e. The molecule has 0 atom stereocenters. The number of nitrogens with zero attached hydrogens (tertiary/aromatic N) is 3. The molecule has 0 spiro atoms. The minimum absolute atomic E-state index is 0. The number of nitrogens with one attached hydrogen (secondary N) is 1. The highest BCUT2D eigenvalue weighted by Crippen LogP contribution is 2.42. The number of thioether (sulfide) groups is 1. The molecule has 1 saturated carbocycles. The normalized spacial score (nSPS) is 21.0. The van der Waals surface area contributed by atoms with Crippen molar-refractivity contribution in [2.45, 2.75) is 36.5 Å². The molecule has 0 bridgehead atoms. The third-order valence-corrected chi connectivity index (χ3v) is 5.30. The van der Waals surface area contributed by atoms with Crippen LogP contribution in [0.4, 0.5) is 5.82 Å². The van der Waals surface area contributed by atoms with Crippen molar-refractivity contribution in [1.29, 1.82) is 0 Å². The average molecular weight is 349 g/mol. The van der Waals surface area contributed by atoms with E-state index < -0.39 is 0 Å². The number of hydrogen-bond donors (Lipinski definition) is 1. The Hall–Kier alpha value is -0.230. The van der Waals surface area contributed by atoms with Crippen molar-refractivity contribution in [3.05, 3.63) is 11.5 Å². The van der Waals surface area contributed by atoms with Crippen LogP contribution in [0.1, 0.15) is 36.7 Å². The zero-order chi connectivity index (χ0) is 12.7. The number of hydrogen-bond acceptors (Lipinski definition) is 5. The number of halogens is 2. The van der Waals surface area contributed by atoms with E-state index in [9.17, 15) is 0 Å². The van der Waals surface area contributed by atoms with Gasteiger partial charge in [0.05, 0.1) is 10.6 Å². The minimum atomic E-state index is 0. The summed E-state index contributed by atoms with van der Waals surface area (Å²) in [5, 5.41) is 3.42. The first-order valence-corrected chi connectivity index (χ1v) is 8.39. The highest BCUT2D eigenvalue weighted by molar-refractivity contribution is 7.99. The molecule has 2 fully saturated rings. The molecule has 0 aromatic carbocycles. The Balaban J connectivity index is 0.000000807. The van der Waals surface area contributed by atoms with Crippen molar-refractivity contribution in [3.8, 4) is 0 Å². The molecule has 4 nitrogen and oxygen atoms in total. The molecule has 4 rings (SSSR count). The lowest BCUT2D eigenvalue weighted by Crippen LogP contribution is -2.44. The summed E-state index contributed by atoms with van der Waals surface area (Å²) in [4.78, 5) is 13.6. The topological polar surface area (TPSA) is 41.1 Å². The highest BCUT2D eigenvalue weighted by Gasteiger charge is 2.30. The van der Waals surface area contributed by atoms with Crippen molar-refractivity contribution in [1.82, 2.24) is 15.3 Å². The SMILES string of the molecule is C1CSc2c(nc(C3CC3)nc2N2CCNCC2)C1.Cl.Cl. The van der Waals surface area contributed by atoms with Gasteiger partial charge in [0, 0.05) is 32.1 Å². The maximum absolute atomic E-state index is 4.94. The van der Waals surface area contributed by atoms with Crippen LogP contribution in [0.15, 0.2) is 4.90 Å². The average Bonchev–Trinajstić information content (AvgIpc) is 3.32. The van der Waals surface area contributed by atoms with Gasteiger partial charge in [-0.3, -0.25) is 0 Å². The summed E-state index contributed by atoms with van der Waals surface area (Å²) in [5.41, 5.74) is 1.32. The molecule has 3 heterocycles. The van der Waals surface area contributed by atoms with Gasteiger partial charge in [-0.1, -0.05) is 0 Å². The molecule has 21 heavy (non-hydrogen) atoms. The lowest BCUT2D eigenvalue weighted by Gasteiger charge is -2.31. The quantitative estimate of drug-likeness (QED) is 0.889. The summed E-state index contributed by atoms with van der Waals surface area (Å²) in [6.45, 7) is 4.30. The second-order valence-corrected chi connectivity index (χ2v) is 6.75. The monoisotopic (exact) mass is 348 g/mol. The number of anilines is 1. The molecular weight excluding hydrogens is 327 g/mol. The van der Waals surface area contributed by atoms with Gasteiger partial charge < -0.3 is 10.2 Å². The summed E-state index contributed by atoms with van der Waals surface area (Å²) in [5.74, 6) is 4.23. The van der Waals surface area contributed by atoms with Crippen molar-refractivity contribution < 1.29 is 0 Å². The number of aromatic nitrogens is 2. The number of fused-ring (bicyclic) bond motifs is 1. The van der Waals surface area contributed by atoms with Crippen LogP contribution < -0.4 is 10.2 Å². The van der Waals surface area contributed by atoms with Gasteiger partial charge in [-0.25, -0.2) is 9.97 Å². The van der Waals surface area contributed by atoms with E-state index in [1.807, 2.05) is 11.8 Å². The van der Waals surface area contributed by atoms with Crippen LogP contribution in [-0.2, 0) is 6.42 Å². The predicted octanol–water partition coefficient (Wildman–Crippen LogP) is 2.65. The van der Waals surface area contributed by atoms with E-state index in [-0.39, 0.29) is 24.8 Å². The zero-order valence-corrected chi connectivity index (χ0v) is 14.5. The van der Waals surface area contributed by atoms with Gasteiger partial charge in [0.15, 0.2) is 0 Å². The Morgan fingerprint density at radius 2 is 1.86 bits per heavy atom. The van der Waals surface area contributed by atoms with Crippen LogP contribution >= 0.6 is 36.6 Å². The summed E-state index contributed by atoms with van der Waals surface area (Å²) in [7, 11) is 0. The van der Waals surface area contributed by atoms with E-state index in [0.717, 1.165) is 38.4 Å². The van der Waals surface area contributed by atoms with E-state index in [1.54, 1.807) is 0 Å². The summed E-state index contributed by atoms with van der Waals surface area (Å²) >= 11 is 1.96. The van der Waals surface area contributed by atoms with Crippen molar-refractivity contribution in [3.63, 3.8) is 0 Å². The first-order valence-electron chi connectivity index (χ1n) is 7.41. The molecule has 1 aromatic heterocycles. The van der Waals surface area contributed by atoms with Crippen LogP contribution in [0.25, 0.3) is 0 Å². The lowest BCUT2D eigenvalue weighted by atomic mass is 10.2. The third-order valence-electron chi connectivity index (χ3n) is 4.10. The number of piperazine rings is 1. The molecule has 0 amide bonds. The van der Waals surface area contributed by atoms with Gasteiger partial charge in [0.1, 0.15) is 11.6 Å². The third kappa shape index (κ3) is 3.58. The lowest BCUT2D eigenvalue weighted by molar-refractivity contribution is 0.578. The fourth-order valence-electron chi connectivity index (χ4n) is 2.85. The van der Waals surface area contributed by atoms with E-state index in [2.05, 4.69) is 10.2 Å². The van der Waals surface area contributed by atoms with Crippen molar-refractivity contribution in [2.75, 3.05) is 36.8 Å². The van der Waals surface area contributed by atoms with Crippen LogP contribution in [0.3, 0.4) is 0 Å². The maximum Gasteiger partial charge on any atom is 0.146 e. The summed E-state index contributed by atoms with van der Waals surface area (Å²) in [6.07, 6.45) is 4.98. The van der Waals surface area contributed by atoms with Crippen molar-refractivity contribution >= 4 is 42.4 Å². The fraction of sp³-hybridized carbons (Fsp3) is 0.714. The molecule has 1 aromatic rings. The zero-order valence-electron chi connectivity index (χ0n) is 12.0. The van der Waals surface area contributed by atoms with Gasteiger partial charge in [-0.15, -0.1) is 36.6 Å². The predicted molar refractivity (Wildman–Crippen MR) is 92.6 cm³/mol. The Morgan fingerprint density at radius 1 is 1.10 bits per heavy atom. The van der Waals surface area contributed by atoms with E-state index in [4.69, 9.17) is 9.97 Å². The molecule has 118 valence electrons. The number of aryl methyl sites for hydroxylation is 1. The van der Waals surface area contributed by atoms with Crippen LogP contribution in [0.5, 0.6) is 0 Å². The number of rotatable bonds is 2. The molecule has 1 aliphatic carbocycles. The maximum atomic E-state index is 4.94. The van der Waals surface area contributed by atoms with E-state index in [1.165, 1.54) is 41.4 Å². The molecule has 7 heteroatoms. The van der Waals surface area contributed by atoms with Gasteiger partial charge in [-0.2, -0.15) is 0 Å². The highest BCUT2D eigenvalue weighted by atomic mass is 35.5. The molecule has 1 saturated heterocycles. The molecule has 1 N–H and O–H groups in total. The first-order chi connectivity index (χ1) is 9.42. The smallest absolute Gasteiger partial charge is 0.146 e. The molecule has 3 aliphatic rings. The molecular formula is C14H22Cl2N4S. The van der Waals surface area contributed by atoms with Gasteiger partial charge >= 0.3 is 0 Å². The second-order valence-electron chi connectivity index (χ2n) is 5.64. The van der Waals surface area contributed by atoms with E-state index in [0.29, 0.717) is 5.92 Å². The van der Waals surface area contributed by atoms with Crippen LogP contribution in [0, 0.1) is 0 Å². The first kappa shape index (κ1) is 17.1.